The molecular weight excluding hydrogens is 202 g/mol. The van der Waals surface area contributed by atoms with E-state index in [0.29, 0.717) is 12.0 Å². The monoisotopic (exact) mass is 217 g/mol. The van der Waals surface area contributed by atoms with E-state index in [4.69, 9.17) is 4.74 Å². The Hall–Kier alpha value is -1.35. The van der Waals surface area contributed by atoms with E-state index in [1.807, 2.05) is 18.2 Å². The van der Waals surface area contributed by atoms with Crippen molar-refractivity contribution in [3.8, 4) is 0 Å². The summed E-state index contributed by atoms with van der Waals surface area (Å²) in [5.74, 6) is 0.476. The minimum Gasteiger partial charge on any atom is -0.468 e. The number of rotatable bonds is 2. The van der Waals surface area contributed by atoms with Crippen LogP contribution in [0.4, 0.5) is 0 Å². The van der Waals surface area contributed by atoms with Crippen LogP contribution in [0.15, 0.2) is 30.3 Å². The summed E-state index contributed by atoms with van der Waals surface area (Å²) in [4.78, 5) is 11.7. The van der Waals surface area contributed by atoms with Gasteiger partial charge in [0.15, 0.2) is 0 Å². The molecular formula is C13H15NO2. The van der Waals surface area contributed by atoms with Crippen LogP contribution >= 0.6 is 0 Å². The molecule has 0 aromatic heterocycles. The number of benzene rings is 1. The Balaban J connectivity index is 1.82. The number of ether oxygens (including phenoxy) is 1. The second kappa shape index (κ2) is 3.32. The van der Waals surface area contributed by atoms with Crippen molar-refractivity contribution in [2.75, 3.05) is 7.11 Å². The first-order chi connectivity index (χ1) is 7.75. The van der Waals surface area contributed by atoms with Gasteiger partial charge in [-0.05, 0) is 24.3 Å². The van der Waals surface area contributed by atoms with Crippen LogP contribution in [-0.2, 0) is 9.53 Å². The van der Waals surface area contributed by atoms with Crippen LogP contribution in [0.3, 0.4) is 0 Å². The van der Waals surface area contributed by atoms with Crippen LogP contribution in [0.1, 0.15) is 24.4 Å². The van der Waals surface area contributed by atoms with Gasteiger partial charge in [-0.3, -0.25) is 10.1 Å². The van der Waals surface area contributed by atoms with E-state index in [1.54, 1.807) is 0 Å². The minimum absolute atomic E-state index is 0.109. The molecule has 1 aromatic carbocycles. The first-order valence-electron chi connectivity index (χ1n) is 5.66. The van der Waals surface area contributed by atoms with E-state index in [1.165, 1.54) is 12.7 Å². The van der Waals surface area contributed by atoms with E-state index < -0.39 is 0 Å². The van der Waals surface area contributed by atoms with Crippen LogP contribution in [0.5, 0.6) is 0 Å². The molecule has 2 heterocycles. The molecule has 0 spiro atoms. The highest BCUT2D eigenvalue weighted by molar-refractivity contribution is 5.83. The molecule has 2 aliphatic heterocycles. The second-order valence-electron chi connectivity index (χ2n) is 4.77. The maximum absolute atomic E-state index is 11.7. The smallest absolute Gasteiger partial charge is 0.326 e. The fourth-order valence-corrected chi connectivity index (χ4v) is 3.04. The van der Waals surface area contributed by atoms with Crippen molar-refractivity contribution in [2.24, 2.45) is 5.92 Å². The van der Waals surface area contributed by atoms with E-state index >= 15 is 0 Å². The quantitative estimate of drug-likeness (QED) is 0.765. The zero-order chi connectivity index (χ0) is 11.2. The van der Waals surface area contributed by atoms with Gasteiger partial charge in [0, 0.05) is 6.04 Å². The summed E-state index contributed by atoms with van der Waals surface area (Å²) in [7, 11) is 1.46. The highest BCUT2D eigenvalue weighted by Crippen LogP contribution is 2.53. The molecule has 1 atom stereocenters. The molecule has 2 saturated heterocycles. The molecule has 0 amide bonds. The van der Waals surface area contributed by atoms with E-state index in [2.05, 4.69) is 17.4 Å². The Kier molecular flexibility index (Phi) is 2.04. The summed E-state index contributed by atoms with van der Waals surface area (Å²) in [5.41, 5.74) is 0.885. The summed E-state index contributed by atoms with van der Waals surface area (Å²) < 4.78 is 4.86. The zero-order valence-electron chi connectivity index (χ0n) is 9.27. The van der Waals surface area contributed by atoms with Gasteiger partial charge in [-0.2, -0.15) is 0 Å². The minimum atomic E-state index is -0.389. The number of esters is 1. The van der Waals surface area contributed by atoms with E-state index in [9.17, 15) is 4.79 Å². The highest BCUT2D eigenvalue weighted by atomic mass is 16.5. The van der Waals surface area contributed by atoms with Gasteiger partial charge in [-0.15, -0.1) is 0 Å². The van der Waals surface area contributed by atoms with Gasteiger partial charge in [-0.1, -0.05) is 30.3 Å². The van der Waals surface area contributed by atoms with Crippen LogP contribution in [0.2, 0.25) is 0 Å². The summed E-state index contributed by atoms with van der Waals surface area (Å²) in [6, 6.07) is 10.6. The van der Waals surface area contributed by atoms with Gasteiger partial charge in [0.25, 0.3) is 0 Å². The number of nitrogens with one attached hydrogen (secondary N) is 1. The van der Waals surface area contributed by atoms with Crippen LogP contribution < -0.4 is 5.32 Å². The molecule has 4 rings (SSSR count). The third-order valence-electron chi connectivity index (χ3n) is 3.86. The maximum atomic E-state index is 11.7. The summed E-state index contributed by atoms with van der Waals surface area (Å²) in [5, 5.41) is 3.43. The number of carbonyl (C=O) groups excluding carboxylic acids is 1. The van der Waals surface area contributed by atoms with E-state index in [-0.39, 0.29) is 11.5 Å². The molecule has 0 radical (unpaired) electrons. The van der Waals surface area contributed by atoms with Gasteiger partial charge < -0.3 is 4.74 Å². The van der Waals surface area contributed by atoms with Crippen LogP contribution in [-0.4, -0.2) is 18.6 Å². The molecule has 16 heavy (non-hydrogen) atoms. The van der Waals surface area contributed by atoms with Gasteiger partial charge in [0.2, 0.25) is 0 Å². The van der Waals surface area contributed by atoms with Crippen molar-refractivity contribution < 1.29 is 9.53 Å². The predicted molar refractivity (Wildman–Crippen MR) is 59.8 cm³/mol. The average molecular weight is 217 g/mol. The normalized spacial score (nSPS) is 35.6. The number of hydrogen-bond acceptors (Lipinski definition) is 3. The molecule has 84 valence electrons. The van der Waals surface area contributed by atoms with Crippen molar-refractivity contribution in [2.45, 2.75) is 24.4 Å². The Bertz CT molecular complexity index is 409. The second-order valence-corrected chi connectivity index (χ2v) is 4.77. The Labute approximate surface area is 94.8 Å². The summed E-state index contributed by atoms with van der Waals surface area (Å²) in [6.45, 7) is 0. The third-order valence-corrected chi connectivity index (χ3v) is 3.86. The number of fused-ring (bicyclic) bond motifs is 1. The first kappa shape index (κ1) is 9.85. The lowest BCUT2D eigenvalue weighted by atomic mass is 9.71. The molecule has 3 heteroatoms. The lowest BCUT2D eigenvalue weighted by molar-refractivity contribution is -0.150. The van der Waals surface area contributed by atoms with Crippen molar-refractivity contribution in [1.82, 2.24) is 5.32 Å². The first-order valence-corrected chi connectivity index (χ1v) is 5.66. The molecule has 3 aliphatic rings. The van der Waals surface area contributed by atoms with Crippen molar-refractivity contribution in [1.29, 1.82) is 0 Å². The van der Waals surface area contributed by atoms with Crippen molar-refractivity contribution >= 4 is 5.97 Å². The molecule has 1 aromatic rings. The molecule has 3 nitrogen and oxygen atoms in total. The fraction of sp³-hybridized carbons (Fsp3) is 0.462. The Morgan fingerprint density at radius 2 is 2.06 bits per heavy atom. The zero-order valence-corrected chi connectivity index (χ0v) is 9.27. The standard InChI is InChI=1S/C13H15NO2/c1-16-12(15)13-7-10(8-13)11(14-13)9-5-3-2-4-6-9/h2-6,10-11,14H,7-8H2,1H3. The van der Waals surface area contributed by atoms with Gasteiger partial charge in [0.1, 0.15) is 5.54 Å². The molecule has 1 saturated carbocycles. The lowest BCUT2D eigenvalue weighted by Crippen LogP contribution is -2.51. The van der Waals surface area contributed by atoms with Crippen molar-refractivity contribution in [3.05, 3.63) is 35.9 Å². The molecule has 3 fully saturated rings. The maximum Gasteiger partial charge on any atom is 0.326 e. The average Bonchev–Trinajstić information content (AvgIpc) is 2.84. The van der Waals surface area contributed by atoms with Gasteiger partial charge >= 0.3 is 5.97 Å². The van der Waals surface area contributed by atoms with Gasteiger partial charge in [-0.25, -0.2) is 0 Å². The number of methoxy groups -OCH3 is 1. The van der Waals surface area contributed by atoms with E-state index in [0.717, 1.165) is 12.8 Å². The largest absolute Gasteiger partial charge is 0.468 e. The molecule has 1 aliphatic carbocycles. The number of carbonyl (C=O) groups is 1. The Morgan fingerprint density at radius 1 is 1.38 bits per heavy atom. The Morgan fingerprint density at radius 3 is 2.69 bits per heavy atom. The third kappa shape index (κ3) is 1.21. The van der Waals surface area contributed by atoms with Gasteiger partial charge in [0.05, 0.1) is 7.11 Å². The van der Waals surface area contributed by atoms with Crippen LogP contribution in [0, 0.1) is 5.92 Å². The lowest BCUT2D eigenvalue weighted by Gasteiger charge is -2.34. The summed E-state index contributed by atoms with van der Waals surface area (Å²) >= 11 is 0. The highest BCUT2D eigenvalue weighted by Gasteiger charge is 2.61. The van der Waals surface area contributed by atoms with Crippen LogP contribution in [0.25, 0.3) is 0 Å². The molecule has 1 unspecified atom stereocenters. The number of hydrogen-bond donors (Lipinski definition) is 1. The molecule has 1 N–H and O–H groups in total. The topological polar surface area (TPSA) is 38.3 Å². The fourth-order valence-electron chi connectivity index (χ4n) is 3.04. The summed E-state index contributed by atoms with van der Waals surface area (Å²) in [6.07, 6.45) is 1.83. The van der Waals surface area contributed by atoms with Crippen molar-refractivity contribution in [3.63, 3.8) is 0 Å². The SMILES string of the molecule is COC(=O)C12CC(C1)C(c1ccccc1)N2. The molecule has 2 bridgehead atoms. The predicted octanol–water partition coefficient (Wildman–Crippen LogP) is 1.65.